The number of pyridine rings is 1. The molecule has 0 amide bonds. The molecule has 0 radical (unpaired) electrons. The van der Waals surface area contributed by atoms with Crippen LogP contribution in [0.3, 0.4) is 0 Å². The van der Waals surface area contributed by atoms with Crippen LogP contribution in [0.15, 0.2) is 179 Å². The number of benzene rings is 7. The molecule has 0 bridgehead atoms. The van der Waals surface area contributed by atoms with Gasteiger partial charge in [-0.15, -0.1) is 0 Å². The Hall–Kier alpha value is -6.22. The topological polar surface area (TPSA) is 56.2 Å². The number of hydrogen-bond donors (Lipinski definition) is 0. The van der Waals surface area contributed by atoms with Gasteiger partial charge in [-0.25, -0.2) is 4.98 Å². The summed E-state index contributed by atoms with van der Waals surface area (Å²) in [5.41, 5.74) is 7.65. The minimum atomic E-state index is -3.14. The maximum absolute atomic E-state index is 15.1. The minimum absolute atomic E-state index is 0.722. The lowest BCUT2D eigenvalue weighted by Gasteiger charge is -2.20. The van der Waals surface area contributed by atoms with Crippen LogP contribution in [0.2, 0.25) is 0 Å². The van der Waals surface area contributed by atoms with Crippen molar-refractivity contribution in [3.8, 4) is 22.4 Å². The Morgan fingerprint density at radius 3 is 1.64 bits per heavy atom. The molecule has 3 aromatic heterocycles. The van der Waals surface area contributed by atoms with Gasteiger partial charge in [0.2, 0.25) is 0 Å². The molecule has 236 valence electrons. The molecule has 0 fully saturated rings. The molecule has 5 heteroatoms. The highest BCUT2D eigenvalue weighted by Gasteiger charge is 2.30. The van der Waals surface area contributed by atoms with E-state index in [1.807, 2.05) is 121 Å². The molecule has 0 atom stereocenters. The molecular formula is C45H28NO3P. The fourth-order valence-electron chi connectivity index (χ4n) is 7.43. The second-order valence-electron chi connectivity index (χ2n) is 12.6. The molecule has 0 saturated carbocycles. The molecule has 0 aliphatic rings. The number of rotatable bonds is 5. The molecule has 4 nitrogen and oxygen atoms in total. The van der Waals surface area contributed by atoms with Crippen LogP contribution in [0, 0.1) is 0 Å². The summed E-state index contributed by atoms with van der Waals surface area (Å²) in [7, 11) is -3.14. The zero-order valence-corrected chi connectivity index (χ0v) is 27.7. The average molecular weight is 662 g/mol. The number of nitrogens with zero attached hydrogens (tertiary/aromatic N) is 1. The molecular weight excluding hydrogens is 633 g/mol. The van der Waals surface area contributed by atoms with Gasteiger partial charge in [0, 0.05) is 59.5 Å². The summed E-state index contributed by atoms with van der Waals surface area (Å²) in [6.07, 6.45) is 0. The van der Waals surface area contributed by atoms with Crippen LogP contribution in [0.4, 0.5) is 0 Å². The lowest BCUT2D eigenvalue weighted by atomic mass is 9.96. The van der Waals surface area contributed by atoms with Gasteiger partial charge in [-0.1, -0.05) is 158 Å². The van der Waals surface area contributed by atoms with E-state index in [2.05, 4.69) is 48.5 Å². The van der Waals surface area contributed by atoms with Gasteiger partial charge in [-0.2, -0.15) is 0 Å². The van der Waals surface area contributed by atoms with Crippen molar-refractivity contribution in [1.82, 2.24) is 4.98 Å². The first-order chi connectivity index (χ1) is 24.7. The Balaban J connectivity index is 1.22. The van der Waals surface area contributed by atoms with Gasteiger partial charge < -0.3 is 13.4 Å². The fourth-order valence-corrected chi connectivity index (χ4v) is 10.1. The van der Waals surface area contributed by atoms with Gasteiger partial charge >= 0.3 is 0 Å². The first-order valence-electron chi connectivity index (χ1n) is 16.7. The second kappa shape index (κ2) is 11.2. The van der Waals surface area contributed by atoms with Crippen LogP contribution >= 0.6 is 7.14 Å². The quantitative estimate of drug-likeness (QED) is 0.172. The standard InChI is InChI=1S/C45H28NO3P/c47-50(30-13-3-1-4-14-30,31-15-5-2-6-16-31)32-27-25-29(26-28-32)42-45-41(37-18-8-10-24-40(37)49-45)38-22-11-19-34(43(38)46-42)36-21-12-20-35-33-17-7-9-23-39(33)48-44(35)36/h1-28H. The maximum atomic E-state index is 15.1. The first-order valence-corrected chi connectivity index (χ1v) is 18.4. The Bertz CT molecular complexity index is 2900. The van der Waals surface area contributed by atoms with Crippen molar-refractivity contribution in [3.63, 3.8) is 0 Å². The fraction of sp³-hybridized carbons (Fsp3) is 0. The maximum Gasteiger partial charge on any atom is 0.171 e. The molecule has 3 heterocycles. The number of hydrogen-bond acceptors (Lipinski definition) is 4. The first kappa shape index (κ1) is 28.8. The van der Waals surface area contributed by atoms with E-state index in [9.17, 15) is 0 Å². The Labute approximate surface area is 287 Å². The highest BCUT2D eigenvalue weighted by molar-refractivity contribution is 7.85. The van der Waals surface area contributed by atoms with Gasteiger partial charge in [-0.05, 0) is 12.1 Å². The minimum Gasteiger partial charge on any atom is -0.455 e. The molecule has 50 heavy (non-hydrogen) atoms. The SMILES string of the molecule is O=P(c1ccccc1)(c1ccccc1)c1ccc(-c2nc3c(-c4cccc5c4oc4ccccc45)cccc3c3c2oc2ccccc23)cc1. The zero-order valence-electron chi connectivity index (χ0n) is 26.8. The van der Waals surface area contributed by atoms with E-state index in [1.54, 1.807) is 0 Å². The number of furan rings is 2. The predicted octanol–water partition coefficient (Wildman–Crippen LogP) is 11.0. The van der Waals surface area contributed by atoms with Crippen molar-refractivity contribution < 1.29 is 13.4 Å². The van der Waals surface area contributed by atoms with E-state index in [0.717, 1.165) is 93.1 Å². The van der Waals surface area contributed by atoms with Crippen molar-refractivity contribution >= 4 is 77.8 Å². The summed E-state index contributed by atoms with van der Waals surface area (Å²) in [4.78, 5) is 5.41. The summed E-state index contributed by atoms with van der Waals surface area (Å²) in [5.74, 6) is 0. The van der Waals surface area contributed by atoms with Crippen LogP contribution in [0.25, 0.3) is 77.2 Å². The van der Waals surface area contributed by atoms with Gasteiger partial charge in [-0.3, -0.25) is 0 Å². The summed E-state index contributed by atoms with van der Waals surface area (Å²) < 4.78 is 28.2. The molecule has 0 aliphatic heterocycles. The smallest absolute Gasteiger partial charge is 0.171 e. The monoisotopic (exact) mass is 661 g/mol. The van der Waals surface area contributed by atoms with Crippen molar-refractivity contribution in [2.24, 2.45) is 0 Å². The summed E-state index contributed by atoms with van der Waals surface area (Å²) >= 11 is 0. The molecule has 10 rings (SSSR count). The second-order valence-corrected chi connectivity index (χ2v) is 15.3. The van der Waals surface area contributed by atoms with Crippen LogP contribution in [0.1, 0.15) is 0 Å². The molecule has 0 aliphatic carbocycles. The van der Waals surface area contributed by atoms with Gasteiger partial charge in [0.25, 0.3) is 0 Å². The van der Waals surface area contributed by atoms with Crippen molar-refractivity contribution in [3.05, 3.63) is 170 Å². The number of aromatic nitrogens is 1. The summed E-state index contributed by atoms with van der Waals surface area (Å²) in [6.45, 7) is 0. The van der Waals surface area contributed by atoms with E-state index < -0.39 is 7.14 Å². The third-order valence-corrected chi connectivity index (χ3v) is 12.9. The third kappa shape index (κ3) is 4.26. The molecule has 7 aromatic carbocycles. The molecule has 0 spiro atoms. The molecule has 10 aromatic rings. The van der Waals surface area contributed by atoms with Crippen molar-refractivity contribution in [1.29, 1.82) is 0 Å². The predicted molar refractivity (Wildman–Crippen MR) is 207 cm³/mol. The van der Waals surface area contributed by atoms with E-state index in [0.29, 0.717) is 0 Å². The lowest BCUT2D eigenvalue weighted by molar-refractivity contribution is 0.592. The molecule has 0 saturated heterocycles. The van der Waals surface area contributed by atoms with Gasteiger partial charge in [0.15, 0.2) is 12.7 Å². The normalized spacial score (nSPS) is 12.1. The highest BCUT2D eigenvalue weighted by Crippen LogP contribution is 2.45. The molecule has 0 unspecified atom stereocenters. The van der Waals surface area contributed by atoms with E-state index in [-0.39, 0.29) is 0 Å². The van der Waals surface area contributed by atoms with Crippen LogP contribution in [-0.4, -0.2) is 4.98 Å². The lowest BCUT2D eigenvalue weighted by Crippen LogP contribution is -2.24. The number of para-hydroxylation sites is 4. The van der Waals surface area contributed by atoms with Crippen LogP contribution < -0.4 is 15.9 Å². The third-order valence-electron chi connectivity index (χ3n) is 9.78. The Kier molecular flexibility index (Phi) is 6.42. The van der Waals surface area contributed by atoms with Crippen LogP contribution in [0.5, 0.6) is 0 Å². The largest absolute Gasteiger partial charge is 0.455 e. The summed E-state index contributed by atoms with van der Waals surface area (Å²) in [6, 6.07) is 56.4. The van der Waals surface area contributed by atoms with E-state index in [1.165, 1.54) is 0 Å². The van der Waals surface area contributed by atoms with Crippen molar-refractivity contribution in [2.45, 2.75) is 0 Å². The van der Waals surface area contributed by atoms with Crippen molar-refractivity contribution in [2.75, 3.05) is 0 Å². The van der Waals surface area contributed by atoms with E-state index >= 15 is 4.57 Å². The average Bonchev–Trinajstić information content (AvgIpc) is 3.77. The van der Waals surface area contributed by atoms with Gasteiger partial charge in [0.1, 0.15) is 22.4 Å². The van der Waals surface area contributed by atoms with E-state index in [4.69, 9.17) is 13.8 Å². The van der Waals surface area contributed by atoms with Crippen LogP contribution in [-0.2, 0) is 4.57 Å². The Morgan fingerprint density at radius 2 is 0.940 bits per heavy atom. The highest BCUT2D eigenvalue weighted by atomic mass is 31.2. The summed E-state index contributed by atoms with van der Waals surface area (Å²) in [5, 5.41) is 7.57. The number of fused-ring (bicyclic) bond motifs is 8. The molecule has 0 N–H and O–H groups in total. The zero-order chi connectivity index (χ0) is 33.2. The Morgan fingerprint density at radius 1 is 0.420 bits per heavy atom. The van der Waals surface area contributed by atoms with Gasteiger partial charge in [0.05, 0.1) is 5.52 Å².